The Hall–Kier alpha value is -3.38. The van der Waals surface area contributed by atoms with Gasteiger partial charge in [0.15, 0.2) is 11.4 Å². The van der Waals surface area contributed by atoms with E-state index in [1.807, 2.05) is 39.0 Å². The number of ether oxygens (including phenoxy) is 3. The maximum atomic E-state index is 14.4. The molecule has 1 N–H and O–H groups in total. The van der Waals surface area contributed by atoms with Crippen LogP contribution in [-0.2, 0) is 23.9 Å². The molecule has 2 saturated heterocycles. The minimum atomic E-state index is -1.00. The van der Waals surface area contributed by atoms with Crippen molar-refractivity contribution < 1.29 is 33.4 Å². The average molecular weight is 726 g/mol. The number of methoxy groups -OCH3 is 1. The Kier molecular flexibility index (Phi) is 12.2. The summed E-state index contributed by atoms with van der Waals surface area (Å²) in [4.78, 5) is 63.3. The molecule has 0 aromatic heterocycles. The molecule has 0 unspecified atom stereocenters. The van der Waals surface area contributed by atoms with Crippen LogP contribution in [0.25, 0.3) is 0 Å². The lowest BCUT2D eigenvalue weighted by molar-refractivity contribution is -0.133. The van der Waals surface area contributed by atoms with Crippen molar-refractivity contribution in [1.29, 1.82) is 0 Å². The SMILES string of the molecule is COCCCN1C(=O)C(C)(C)Oc2ccc(N(CC(=O)[C@@H]3C[C@H](C(=O)NC4(CC(C)C)CCN(C)CC4)CN(C(=O)OC(C)(C)C)C3)C3CC3)cc21. The van der Waals surface area contributed by atoms with E-state index < -0.39 is 29.1 Å². The van der Waals surface area contributed by atoms with E-state index in [1.165, 1.54) is 0 Å². The van der Waals surface area contributed by atoms with Gasteiger partial charge < -0.3 is 39.1 Å². The Morgan fingerprint density at radius 2 is 1.75 bits per heavy atom. The Morgan fingerprint density at radius 1 is 1.08 bits per heavy atom. The first-order valence-electron chi connectivity index (χ1n) is 19.3. The van der Waals surface area contributed by atoms with Crippen LogP contribution in [0.1, 0.15) is 93.4 Å². The molecule has 12 nitrogen and oxygen atoms in total. The topological polar surface area (TPSA) is 121 Å². The zero-order valence-electron chi connectivity index (χ0n) is 33.1. The third-order valence-corrected chi connectivity index (χ3v) is 10.8. The van der Waals surface area contributed by atoms with Gasteiger partial charge in [-0.15, -0.1) is 0 Å². The number of anilines is 2. The lowest BCUT2D eigenvalue weighted by Crippen LogP contribution is -2.59. The van der Waals surface area contributed by atoms with Crippen LogP contribution in [0.3, 0.4) is 0 Å². The molecule has 0 spiro atoms. The molecule has 3 heterocycles. The molecule has 1 aromatic rings. The highest BCUT2D eigenvalue weighted by atomic mass is 16.6. The van der Waals surface area contributed by atoms with E-state index in [2.05, 4.69) is 36.0 Å². The van der Waals surface area contributed by atoms with Gasteiger partial charge in [-0.25, -0.2) is 4.79 Å². The molecule has 2 atom stereocenters. The second-order valence-electron chi connectivity index (χ2n) is 17.6. The number of rotatable bonds is 13. The predicted octanol–water partition coefficient (Wildman–Crippen LogP) is 5.26. The first-order valence-corrected chi connectivity index (χ1v) is 19.3. The van der Waals surface area contributed by atoms with Crippen LogP contribution in [0.4, 0.5) is 16.2 Å². The number of carbonyl (C=O) groups is 4. The molecule has 3 amide bonds. The molecule has 4 aliphatic rings. The number of likely N-dealkylation sites (tertiary alicyclic amines) is 2. The highest BCUT2D eigenvalue weighted by Crippen LogP contribution is 2.42. The third-order valence-electron chi connectivity index (χ3n) is 10.8. The molecule has 1 aromatic carbocycles. The summed E-state index contributed by atoms with van der Waals surface area (Å²) >= 11 is 0. The molecule has 1 saturated carbocycles. The summed E-state index contributed by atoms with van der Waals surface area (Å²) < 4.78 is 17.2. The summed E-state index contributed by atoms with van der Waals surface area (Å²) in [5.74, 6) is -0.264. The molecule has 52 heavy (non-hydrogen) atoms. The van der Waals surface area contributed by atoms with Crippen molar-refractivity contribution in [2.45, 2.75) is 116 Å². The van der Waals surface area contributed by atoms with Crippen molar-refractivity contribution in [3.8, 4) is 5.75 Å². The standard InChI is InChI=1S/C40H63N5O7/c1-27(2)23-40(15-18-42(8)19-16-40)41-35(47)29-21-28(24-43(25-29)37(49)52-38(3,4)5)33(46)26-45(30-11-12-30)31-13-14-34-32(22-31)44(17-10-20-50-9)36(48)39(6,7)51-34/h13-14,22,27-30H,10-12,15-21,23-26H2,1-9H3,(H,41,47)/t28-,29+/m1/s1. The van der Waals surface area contributed by atoms with E-state index >= 15 is 0 Å². The van der Waals surface area contributed by atoms with Gasteiger partial charge in [0.2, 0.25) is 5.91 Å². The van der Waals surface area contributed by atoms with Crippen molar-refractivity contribution >= 4 is 35.1 Å². The predicted molar refractivity (Wildman–Crippen MR) is 202 cm³/mol. The van der Waals surface area contributed by atoms with Crippen LogP contribution in [0.5, 0.6) is 5.75 Å². The van der Waals surface area contributed by atoms with Crippen LogP contribution >= 0.6 is 0 Å². The number of amides is 3. The monoisotopic (exact) mass is 725 g/mol. The normalized spacial score (nSPS) is 23.2. The fraction of sp³-hybridized carbons (Fsp3) is 0.750. The van der Waals surface area contributed by atoms with E-state index in [0.29, 0.717) is 43.3 Å². The first-order chi connectivity index (χ1) is 24.4. The molecule has 1 aliphatic carbocycles. The summed E-state index contributed by atoms with van der Waals surface area (Å²) in [6.07, 6.45) is 5.07. The second-order valence-corrected chi connectivity index (χ2v) is 17.6. The highest BCUT2D eigenvalue weighted by Gasteiger charge is 2.44. The van der Waals surface area contributed by atoms with Crippen LogP contribution < -0.4 is 19.9 Å². The Balaban J connectivity index is 1.38. The number of ketones is 1. The van der Waals surface area contributed by atoms with Crippen molar-refractivity contribution in [2.24, 2.45) is 17.8 Å². The molecule has 12 heteroatoms. The zero-order valence-corrected chi connectivity index (χ0v) is 33.1. The summed E-state index contributed by atoms with van der Waals surface area (Å²) in [6.45, 7) is 16.8. The summed E-state index contributed by atoms with van der Waals surface area (Å²) in [7, 11) is 3.76. The lowest BCUT2D eigenvalue weighted by Gasteiger charge is -2.44. The van der Waals surface area contributed by atoms with Gasteiger partial charge in [-0.2, -0.15) is 0 Å². The minimum Gasteiger partial charge on any atom is -0.476 e. The van der Waals surface area contributed by atoms with E-state index in [1.54, 1.807) is 30.8 Å². The van der Waals surface area contributed by atoms with Gasteiger partial charge in [0.1, 0.15) is 11.4 Å². The summed E-state index contributed by atoms with van der Waals surface area (Å²) in [5.41, 5.74) is -0.494. The van der Waals surface area contributed by atoms with Crippen molar-refractivity contribution in [1.82, 2.24) is 15.1 Å². The van der Waals surface area contributed by atoms with Gasteiger partial charge in [-0.1, -0.05) is 13.8 Å². The van der Waals surface area contributed by atoms with E-state index in [4.69, 9.17) is 14.2 Å². The second kappa shape index (κ2) is 15.9. The lowest BCUT2D eigenvalue weighted by atomic mass is 9.79. The third kappa shape index (κ3) is 9.78. The van der Waals surface area contributed by atoms with Gasteiger partial charge in [0, 0.05) is 69.6 Å². The Morgan fingerprint density at radius 3 is 2.37 bits per heavy atom. The van der Waals surface area contributed by atoms with Gasteiger partial charge in [-0.3, -0.25) is 14.4 Å². The maximum absolute atomic E-state index is 14.4. The number of hydrogen-bond acceptors (Lipinski definition) is 9. The van der Waals surface area contributed by atoms with Gasteiger partial charge in [-0.05, 0) is 111 Å². The van der Waals surface area contributed by atoms with Crippen molar-refractivity contribution in [2.75, 3.05) is 69.8 Å². The molecule has 0 bridgehead atoms. The number of hydrogen-bond donors (Lipinski definition) is 1. The number of carbonyl (C=O) groups excluding carboxylic acids is 4. The van der Waals surface area contributed by atoms with Gasteiger partial charge in [0.25, 0.3) is 5.91 Å². The number of piperidine rings is 2. The zero-order chi connectivity index (χ0) is 38.0. The van der Waals surface area contributed by atoms with Crippen LogP contribution in [0, 0.1) is 17.8 Å². The largest absolute Gasteiger partial charge is 0.476 e. The number of benzene rings is 1. The maximum Gasteiger partial charge on any atom is 0.410 e. The fourth-order valence-corrected chi connectivity index (χ4v) is 8.01. The van der Waals surface area contributed by atoms with Gasteiger partial charge >= 0.3 is 6.09 Å². The molecular weight excluding hydrogens is 662 g/mol. The van der Waals surface area contributed by atoms with E-state index in [0.717, 1.165) is 50.9 Å². The van der Waals surface area contributed by atoms with E-state index in [9.17, 15) is 19.2 Å². The minimum absolute atomic E-state index is 0.0164. The van der Waals surface area contributed by atoms with E-state index in [-0.39, 0.29) is 48.8 Å². The number of nitrogens with zero attached hydrogens (tertiary/aromatic N) is 4. The van der Waals surface area contributed by atoms with Gasteiger partial charge in [0.05, 0.1) is 18.2 Å². The Bertz CT molecular complexity index is 1460. The smallest absolute Gasteiger partial charge is 0.410 e. The molecule has 0 radical (unpaired) electrons. The van der Waals surface area contributed by atoms with Crippen molar-refractivity contribution in [3.05, 3.63) is 18.2 Å². The molecular formula is C40H63N5O7. The number of Topliss-reactive ketones (excluding diaryl/α,β-unsaturated/α-hetero) is 1. The van der Waals surface area contributed by atoms with Crippen LogP contribution in [0.2, 0.25) is 0 Å². The quantitative estimate of drug-likeness (QED) is 0.272. The number of fused-ring (bicyclic) bond motifs is 1. The summed E-state index contributed by atoms with van der Waals surface area (Å²) in [6, 6.07) is 6.00. The highest BCUT2D eigenvalue weighted by molar-refractivity contribution is 6.03. The van der Waals surface area contributed by atoms with Crippen LogP contribution in [0.15, 0.2) is 18.2 Å². The summed E-state index contributed by atoms with van der Waals surface area (Å²) in [5, 5.41) is 3.46. The van der Waals surface area contributed by atoms with Crippen molar-refractivity contribution in [3.63, 3.8) is 0 Å². The number of nitrogens with one attached hydrogen (secondary N) is 1. The average Bonchev–Trinajstić information content (AvgIpc) is 3.91. The Labute approximate surface area is 310 Å². The molecule has 290 valence electrons. The molecule has 5 rings (SSSR count). The molecule has 3 aliphatic heterocycles. The first kappa shape index (κ1) is 39.8. The molecule has 3 fully saturated rings. The fourth-order valence-electron chi connectivity index (χ4n) is 8.01. The van der Waals surface area contributed by atoms with Crippen LogP contribution in [-0.4, -0.2) is 116 Å².